The van der Waals surface area contributed by atoms with Gasteiger partial charge in [-0.15, -0.1) is 11.3 Å². The van der Waals surface area contributed by atoms with Gasteiger partial charge in [-0.2, -0.15) is 5.10 Å². The Balaban J connectivity index is 1.32. The van der Waals surface area contributed by atoms with Crippen molar-refractivity contribution in [3.63, 3.8) is 0 Å². The van der Waals surface area contributed by atoms with E-state index in [0.29, 0.717) is 0 Å². The Morgan fingerprint density at radius 3 is 2.71 bits per heavy atom. The summed E-state index contributed by atoms with van der Waals surface area (Å²) in [6.07, 6.45) is 1.86. The molecule has 2 aliphatic rings. The number of benzene rings is 1. The van der Waals surface area contributed by atoms with Crippen LogP contribution >= 0.6 is 11.3 Å². The molecule has 184 valence electrons. The molecule has 35 heavy (non-hydrogen) atoms. The van der Waals surface area contributed by atoms with Gasteiger partial charge in [0, 0.05) is 75.3 Å². The van der Waals surface area contributed by atoms with Gasteiger partial charge in [0.1, 0.15) is 0 Å². The summed E-state index contributed by atoms with van der Waals surface area (Å²) in [5.41, 5.74) is 3.03. The summed E-state index contributed by atoms with van der Waals surface area (Å²) in [4.78, 5) is 18.9. The molecule has 0 unspecified atom stereocenters. The number of hydrogen-bond acceptors (Lipinski definition) is 9. The highest BCUT2D eigenvalue weighted by Gasteiger charge is 2.22. The molecule has 6 rings (SSSR count). The monoisotopic (exact) mass is 493 g/mol. The molecule has 0 atom stereocenters. The summed E-state index contributed by atoms with van der Waals surface area (Å²) in [5.74, 6) is 1.77. The Bertz CT molecular complexity index is 1290. The van der Waals surface area contributed by atoms with Crippen LogP contribution in [0.1, 0.15) is 4.88 Å². The van der Waals surface area contributed by atoms with Gasteiger partial charge in [-0.1, -0.05) is 12.1 Å². The molecule has 4 aromatic rings. The molecule has 0 saturated carbocycles. The van der Waals surface area contributed by atoms with Crippen molar-refractivity contribution in [2.75, 3.05) is 77.6 Å². The third-order valence-corrected chi connectivity index (χ3v) is 8.00. The minimum atomic E-state index is 0.726. The summed E-state index contributed by atoms with van der Waals surface area (Å²) in [6.45, 7) is 10.2. The second kappa shape index (κ2) is 10.2. The number of fused-ring (bicyclic) bond motifs is 2. The van der Waals surface area contributed by atoms with Crippen molar-refractivity contribution in [2.45, 2.75) is 6.54 Å². The van der Waals surface area contributed by atoms with Crippen LogP contribution in [-0.2, 0) is 16.0 Å². The highest BCUT2D eigenvalue weighted by atomic mass is 32.1. The van der Waals surface area contributed by atoms with Crippen molar-refractivity contribution in [2.24, 2.45) is 0 Å². The molecule has 1 N–H and O–H groups in total. The topological polar surface area (TPSA) is 82.6 Å². The summed E-state index contributed by atoms with van der Waals surface area (Å²) < 4.78 is 12.0. The number of aromatic amines is 1. The number of anilines is 1. The van der Waals surface area contributed by atoms with E-state index in [1.54, 1.807) is 7.11 Å². The van der Waals surface area contributed by atoms with Gasteiger partial charge in [0.25, 0.3) is 0 Å². The molecule has 3 aromatic heterocycles. The normalized spacial score (nSPS) is 18.1. The number of rotatable bonds is 7. The lowest BCUT2D eigenvalue weighted by atomic mass is 10.1. The Labute approximate surface area is 208 Å². The van der Waals surface area contributed by atoms with Crippen LogP contribution in [0.2, 0.25) is 0 Å². The van der Waals surface area contributed by atoms with Gasteiger partial charge >= 0.3 is 0 Å². The first-order valence-electron chi connectivity index (χ1n) is 12.3. The van der Waals surface area contributed by atoms with E-state index >= 15 is 0 Å². The molecule has 2 aliphatic heterocycles. The lowest BCUT2D eigenvalue weighted by molar-refractivity contribution is 0.0943. The lowest BCUT2D eigenvalue weighted by Crippen LogP contribution is -2.46. The fourth-order valence-corrected chi connectivity index (χ4v) is 6.08. The van der Waals surface area contributed by atoms with Crippen LogP contribution < -0.4 is 4.90 Å². The van der Waals surface area contributed by atoms with Crippen LogP contribution in [0, 0.1) is 0 Å². The van der Waals surface area contributed by atoms with E-state index in [0.717, 1.165) is 106 Å². The average Bonchev–Trinajstić information content (AvgIpc) is 3.55. The lowest BCUT2D eigenvalue weighted by Gasteiger charge is -2.34. The van der Waals surface area contributed by atoms with E-state index in [1.807, 2.05) is 29.7 Å². The number of ether oxygens (including phenoxy) is 2. The molecule has 2 saturated heterocycles. The largest absolute Gasteiger partial charge is 0.383 e. The number of nitrogens with zero attached hydrogens (tertiary/aromatic N) is 6. The molecule has 0 amide bonds. The number of nitrogens with one attached hydrogen (secondary N) is 1. The first kappa shape index (κ1) is 22.8. The maximum absolute atomic E-state index is 5.62. The summed E-state index contributed by atoms with van der Waals surface area (Å²) in [6, 6.07) is 8.41. The quantitative estimate of drug-likeness (QED) is 0.421. The van der Waals surface area contributed by atoms with Gasteiger partial charge in [-0.3, -0.25) is 14.9 Å². The van der Waals surface area contributed by atoms with E-state index < -0.39 is 0 Å². The molecule has 10 heteroatoms. The van der Waals surface area contributed by atoms with Crippen LogP contribution in [0.25, 0.3) is 32.5 Å². The van der Waals surface area contributed by atoms with Gasteiger partial charge in [0.2, 0.25) is 0 Å². The van der Waals surface area contributed by atoms with Gasteiger partial charge in [0.15, 0.2) is 11.6 Å². The third kappa shape index (κ3) is 4.76. The molecular formula is C25H31N7O2S. The Morgan fingerprint density at radius 1 is 1.06 bits per heavy atom. The van der Waals surface area contributed by atoms with Crippen molar-refractivity contribution in [1.82, 2.24) is 30.0 Å². The molecule has 5 heterocycles. The summed E-state index contributed by atoms with van der Waals surface area (Å²) >= 11 is 1.83. The minimum Gasteiger partial charge on any atom is -0.383 e. The van der Waals surface area contributed by atoms with Crippen molar-refractivity contribution >= 4 is 38.3 Å². The molecule has 0 aliphatic carbocycles. The van der Waals surface area contributed by atoms with Crippen molar-refractivity contribution in [1.29, 1.82) is 0 Å². The second-order valence-electron chi connectivity index (χ2n) is 9.14. The number of morpholine rings is 1. The predicted molar refractivity (Wildman–Crippen MR) is 139 cm³/mol. The van der Waals surface area contributed by atoms with E-state index in [9.17, 15) is 0 Å². The number of thiophene rings is 1. The molecule has 0 radical (unpaired) electrons. The van der Waals surface area contributed by atoms with Crippen molar-refractivity contribution in [3.05, 3.63) is 35.3 Å². The Hall–Kier alpha value is -2.63. The first-order valence-corrected chi connectivity index (χ1v) is 13.1. The first-order chi connectivity index (χ1) is 17.3. The van der Waals surface area contributed by atoms with E-state index in [2.05, 4.69) is 37.0 Å². The van der Waals surface area contributed by atoms with Crippen molar-refractivity contribution < 1.29 is 9.47 Å². The third-order valence-electron chi connectivity index (χ3n) is 6.90. The van der Waals surface area contributed by atoms with Gasteiger partial charge in [-0.25, -0.2) is 9.97 Å². The number of aromatic nitrogens is 4. The molecular weight excluding hydrogens is 462 g/mol. The van der Waals surface area contributed by atoms with Crippen LogP contribution in [0.3, 0.4) is 0 Å². The summed E-state index contributed by atoms with van der Waals surface area (Å²) in [5, 5.41) is 8.34. The molecule has 2 fully saturated rings. The Kier molecular flexibility index (Phi) is 6.62. The van der Waals surface area contributed by atoms with E-state index in [1.165, 1.54) is 9.58 Å². The number of piperazine rings is 1. The number of methoxy groups -OCH3 is 1. The van der Waals surface area contributed by atoms with Crippen LogP contribution in [0.15, 0.2) is 30.5 Å². The minimum absolute atomic E-state index is 0.726. The molecule has 0 bridgehead atoms. The number of hydrogen-bond donors (Lipinski definition) is 1. The smallest absolute Gasteiger partial charge is 0.162 e. The second-order valence-corrected chi connectivity index (χ2v) is 10.3. The van der Waals surface area contributed by atoms with E-state index in [-0.39, 0.29) is 0 Å². The highest BCUT2D eigenvalue weighted by molar-refractivity contribution is 7.19. The maximum Gasteiger partial charge on any atom is 0.162 e. The molecule has 1 aromatic carbocycles. The van der Waals surface area contributed by atoms with Gasteiger partial charge < -0.3 is 14.4 Å². The Morgan fingerprint density at radius 2 is 1.89 bits per heavy atom. The predicted octanol–water partition coefficient (Wildman–Crippen LogP) is 2.84. The molecule has 0 spiro atoms. The summed E-state index contributed by atoms with van der Waals surface area (Å²) in [7, 11) is 1.77. The zero-order valence-electron chi connectivity index (χ0n) is 20.1. The SMILES string of the molecule is COCCN1CCN(Cc2cc3nc(-c4cccc5[nH]ncc45)nc(N4CCOCC4)c3s2)CC1. The molecule has 9 nitrogen and oxygen atoms in total. The number of H-pyrrole nitrogens is 1. The van der Waals surface area contributed by atoms with Crippen LogP contribution in [0.4, 0.5) is 5.82 Å². The van der Waals surface area contributed by atoms with Gasteiger partial charge in [0.05, 0.1) is 41.8 Å². The highest BCUT2D eigenvalue weighted by Crippen LogP contribution is 2.36. The van der Waals surface area contributed by atoms with Crippen molar-refractivity contribution in [3.8, 4) is 11.4 Å². The van der Waals surface area contributed by atoms with E-state index in [4.69, 9.17) is 19.4 Å². The fourth-order valence-electron chi connectivity index (χ4n) is 4.93. The average molecular weight is 494 g/mol. The zero-order valence-corrected chi connectivity index (χ0v) is 20.9. The fraction of sp³-hybridized carbons (Fsp3) is 0.480. The van der Waals surface area contributed by atoms with Crippen LogP contribution in [-0.4, -0.2) is 103 Å². The van der Waals surface area contributed by atoms with Crippen LogP contribution in [0.5, 0.6) is 0 Å². The standard InChI is InChI=1S/C25H31N7O2S/c1-33-12-9-30-5-7-31(8-6-30)17-18-15-22-23(35-18)25(32-10-13-34-14-11-32)28-24(27-22)19-3-2-4-21-20(19)16-26-29-21/h2-4,15-16H,5-14,17H2,1H3,(H,26,29). The maximum atomic E-state index is 5.62. The zero-order chi connectivity index (χ0) is 23.6. The van der Waals surface area contributed by atoms with Gasteiger partial charge in [-0.05, 0) is 12.1 Å².